The van der Waals surface area contributed by atoms with Gasteiger partial charge in [0, 0.05) is 4.88 Å². The summed E-state index contributed by atoms with van der Waals surface area (Å²) in [6, 6.07) is 10.3. The van der Waals surface area contributed by atoms with E-state index in [9.17, 15) is 13.2 Å². The number of aryl methyl sites for hydroxylation is 2. The Morgan fingerprint density at radius 3 is 2.39 bits per heavy atom. The van der Waals surface area contributed by atoms with Crippen LogP contribution in [0.4, 0.5) is 0 Å². The summed E-state index contributed by atoms with van der Waals surface area (Å²) < 4.78 is 29.6. The van der Waals surface area contributed by atoms with Crippen LogP contribution in [-0.4, -0.2) is 20.3 Å². The second kappa shape index (κ2) is 7.38. The molecule has 0 saturated carbocycles. The zero-order chi connectivity index (χ0) is 17.0. The van der Waals surface area contributed by atoms with Gasteiger partial charge in [0.1, 0.15) is 0 Å². The number of rotatable bonds is 7. The third kappa shape index (κ3) is 4.99. The molecule has 0 bridgehead atoms. The van der Waals surface area contributed by atoms with Crippen molar-refractivity contribution >= 4 is 27.2 Å². The lowest BCUT2D eigenvalue weighted by Gasteiger charge is -2.12. The fourth-order valence-corrected chi connectivity index (χ4v) is 4.10. The predicted molar refractivity (Wildman–Crippen MR) is 91.6 cm³/mol. The van der Waals surface area contributed by atoms with E-state index in [4.69, 9.17) is 4.18 Å². The largest absolute Gasteiger partial charge is 0.297 e. The van der Waals surface area contributed by atoms with E-state index in [-0.39, 0.29) is 10.7 Å². The minimum Gasteiger partial charge on any atom is -0.294 e. The van der Waals surface area contributed by atoms with Crippen LogP contribution >= 0.6 is 11.3 Å². The summed E-state index contributed by atoms with van der Waals surface area (Å²) in [4.78, 5) is 13.2. The van der Waals surface area contributed by atoms with Crippen LogP contribution in [0.2, 0.25) is 0 Å². The van der Waals surface area contributed by atoms with Crippen molar-refractivity contribution in [2.45, 2.75) is 44.6 Å². The maximum Gasteiger partial charge on any atom is 0.297 e. The van der Waals surface area contributed by atoms with Crippen molar-refractivity contribution in [3.05, 3.63) is 51.7 Å². The summed E-state index contributed by atoms with van der Waals surface area (Å²) in [5, 5.41) is 0. The normalized spacial score (nSPS) is 13.0. The molecule has 0 saturated heterocycles. The number of Topliss-reactive ketones (excluding diaryl/α,β-unsaturated/α-hetero) is 1. The zero-order valence-electron chi connectivity index (χ0n) is 13.4. The Morgan fingerprint density at radius 1 is 1.17 bits per heavy atom. The Bertz CT molecular complexity index is 773. The van der Waals surface area contributed by atoms with Crippen molar-refractivity contribution < 1.29 is 17.4 Å². The SMILES string of the molecule is CC(=O)c1ccc(CC[C@@H](C)OS(=O)(=O)c2ccc(C)cc2)s1. The smallest absolute Gasteiger partial charge is 0.294 e. The molecule has 1 aromatic carbocycles. The van der Waals surface area contributed by atoms with Crippen molar-refractivity contribution in [1.29, 1.82) is 0 Å². The van der Waals surface area contributed by atoms with E-state index < -0.39 is 16.2 Å². The van der Waals surface area contributed by atoms with E-state index in [0.717, 1.165) is 15.3 Å². The minimum absolute atomic E-state index is 0.0486. The first kappa shape index (κ1) is 17.8. The average molecular weight is 352 g/mol. The van der Waals surface area contributed by atoms with Crippen LogP contribution in [0.3, 0.4) is 0 Å². The number of benzene rings is 1. The molecular formula is C17H20O4S2. The molecule has 0 radical (unpaired) electrons. The van der Waals surface area contributed by atoms with Crippen LogP contribution in [0.25, 0.3) is 0 Å². The molecule has 0 aliphatic rings. The topological polar surface area (TPSA) is 60.4 Å². The van der Waals surface area contributed by atoms with Crippen molar-refractivity contribution in [2.75, 3.05) is 0 Å². The van der Waals surface area contributed by atoms with Gasteiger partial charge in [-0.15, -0.1) is 11.3 Å². The third-order valence-corrected chi connectivity index (χ3v) is 6.08. The van der Waals surface area contributed by atoms with E-state index in [1.165, 1.54) is 18.3 Å². The summed E-state index contributed by atoms with van der Waals surface area (Å²) in [7, 11) is -3.74. The van der Waals surface area contributed by atoms with Gasteiger partial charge in [0.15, 0.2) is 5.78 Å². The molecule has 1 aromatic heterocycles. The first-order chi connectivity index (χ1) is 10.8. The summed E-state index contributed by atoms with van der Waals surface area (Å²) in [5.74, 6) is 0.0486. The summed E-state index contributed by atoms with van der Waals surface area (Å²) >= 11 is 1.44. The van der Waals surface area contributed by atoms with Gasteiger partial charge in [-0.2, -0.15) is 8.42 Å². The van der Waals surface area contributed by atoms with Crippen LogP contribution in [0.15, 0.2) is 41.3 Å². The molecule has 0 fully saturated rings. The predicted octanol–water partition coefficient (Wildman–Crippen LogP) is 3.99. The highest BCUT2D eigenvalue weighted by atomic mass is 32.2. The molecular weight excluding hydrogens is 332 g/mol. The van der Waals surface area contributed by atoms with E-state index in [1.54, 1.807) is 37.3 Å². The van der Waals surface area contributed by atoms with Gasteiger partial charge >= 0.3 is 0 Å². The van der Waals surface area contributed by atoms with E-state index in [2.05, 4.69) is 0 Å². The highest BCUT2D eigenvalue weighted by molar-refractivity contribution is 7.86. The number of hydrogen-bond acceptors (Lipinski definition) is 5. The molecule has 1 heterocycles. The second-order valence-electron chi connectivity index (χ2n) is 5.53. The standard InChI is InChI=1S/C17H20O4S2/c1-12-4-9-16(10-5-12)23(19,20)21-13(2)6-7-15-8-11-17(22-15)14(3)18/h4-5,8-11,13H,6-7H2,1-3H3/t13-/m1/s1. The van der Waals surface area contributed by atoms with Crippen LogP contribution in [0, 0.1) is 6.92 Å². The molecule has 124 valence electrons. The Balaban J connectivity index is 1.94. The van der Waals surface area contributed by atoms with Gasteiger partial charge in [0.25, 0.3) is 10.1 Å². The lowest BCUT2D eigenvalue weighted by atomic mass is 10.2. The lowest BCUT2D eigenvalue weighted by molar-refractivity contribution is 0.102. The molecule has 2 rings (SSSR count). The summed E-state index contributed by atoms with van der Waals surface area (Å²) in [6.45, 7) is 5.18. The van der Waals surface area contributed by atoms with Gasteiger partial charge in [0.05, 0.1) is 15.9 Å². The van der Waals surface area contributed by atoms with Crippen molar-refractivity contribution in [1.82, 2.24) is 0 Å². The molecule has 0 amide bonds. The maximum absolute atomic E-state index is 12.2. The molecule has 0 N–H and O–H groups in total. The van der Waals surface area contributed by atoms with Gasteiger partial charge in [0.2, 0.25) is 0 Å². The first-order valence-corrected chi connectivity index (χ1v) is 9.60. The van der Waals surface area contributed by atoms with Crippen molar-refractivity contribution in [2.24, 2.45) is 0 Å². The minimum atomic E-state index is -3.74. The van der Waals surface area contributed by atoms with Crippen molar-refractivity contribution in [3.8, 4) is 0 Å². The number of thiophene rings is 1. The molecule has 6 heteroatoms. The molecule has 2 aromatic rings. The quantitative estimate of drug-likeness (QED) is 0.558. The van der Waals surface area contributed by atoms with Crippen LogP contribution in [0.5, 0.6) is 0 Å². The highest BCUT2D eigenvalue weighted by Crippen LogP contribution is 2.21. The van der Waals surface area contributed by atoms with Gasteiger partial charge < -0.3 is 0 Å². The van der Waals surface area contributed by atoms with E-state index in [0.29, 0.717) is 12.8 Å². The molecule has 0 aliphatic heterocycles. The Labute approximate surface area is 141 Å². The van der Waals surface area contributed by atoms with Gasteiger partial charge in [-0.25, -0.2) is 0 Å². The lowest BCUT2D eigenvalue weighted by Crippen LogP contribution is -2.16. The average Bonchev–Trinajstić information content (AvgIpc) is 2.94. The number of carbonyl (C=O) groups excluding carboxylic acids is 1. The van der Waals surface area contributed by atoms with Gasteiger partial charge in [-0.3, -0.25) is 8.98 Å². The van der Waals surface area contributed by atoms with Crippen molar-refractivity contribution in [3.63, 3.8) is 0 Å². The fraction of sp³-hybridized carbons (Fsp3) is 0.353. The number of carbonyl (C=O) groups is 1. The molecule has 0 aliphatic carbocycles. The number of ketones is 1. The Kier molecular flexibility index (Phi) is 5.73. The number of hydrogen-bond donors (Lipinski definition) is 0. The Hall–Kier alpha value is -1.50. The summed E-state index contributed by atoms with van der Waals surface area (Å²) in [6.07, 6.45) is 0.829. The van der Waals surface area contributed by atoms with E-state index in [1.807, 2.05) is 13.0 Å². The molecule has 1 atom stereocenters. The van der Waals surface area contributed by atoms with Crippen LogP contribution in [0.1, 0.15) is 40.4 Å². The molecule has 23 heavy (non-hydrogen) atoms. The van der Waals surface area contributed by atoms with Crippen LogP contribution < -0.4 is 0 Å². The second-order valence-corrected chi connectivity index (χ2v) is 8.28. The molecule has 4 nitrogen and oxygen atoms in total. The maximum atomic E-state index is 12.2. The van der Waals surface area contributed by atoms with Gasteiger partial charge in [-0.1, -0.05) is 17.7 Å². The molecule has 0 unspecified atom stereocenters. The third-order valence-electron chi connectivity index (χ3n) is 3.41. The van der Waals surface area contributed by atoms with E-state index >= 15 is 0 Å². The summed E-state index contributed by atoms with van der Waals surface area (Å²) in [5.41, 5.74) is 0.996. The van der Waals surface area contributed by atoms with Crippen LogP contribution in [-0.2, 0) is 20.7 Å². The Morgan fingerprint density at radius 2 is 1.83 bits per heavy atom. The monoisotopic (exact) mass is 352 g/mol. The fourth-order valence-electron chi connectivity index (χ4n) is 2.07. The first-order valence-electron chi connectivity index (χ1n) is 7.37. The molecule has 0 spiro atoms. The zero-order valence-corrected chi connectivity index (χ0v) is 15.0. The van der Waals surface area contributed by atoms with Gasteiger partial charge in [-0.05, 0) is 57.9 Å². The highest BCUT2D eigenvalue weighted by Gasteiger charge is 2.19.